The van der Waals surface area contributed by atoms with Crippen molar-refractivity contribution < 1.29 is 0 Å². The summed E-state index contributed by atoms with van der Waals surface area (Å²) in [5.41, 5.74) is 18.5. The van der Waals surface area contributed by atoms with Crippen molar-refractivity contribution in [2.75, 3.05) is 0 Å². The average Bonchev–Trinajstić information content (AvgIpc) is 3.41. The van der Waals surface area contributed by atoms with E-state index < -0.39 is 0 Å². The molecule has 0 bridgehead atoms. The molecule has 39 heavy (non-hydrogen) atoms. The fourth-order valence-electron chi connectivity index (χ4n) is 5.56. The lowest BCUT2D eigenvalue weighted by Crippen LogP contribution is -2.15. The Kier molecular flexibility index (Phi) is 7.53. The largest absolute Gasteiger partial charge is 0.324 e. The Labute approximate surface area is 232 Å². The molecule has 0 radical (unpaired) electrons. The number of pyridine rings is 2. The summed E-state index contributed by atoms with van der Waals surface area (Å²) in [6.45, 7) is 12.8. The molecule has 1 unspecified atom stereocenters. The molecule has 5 nitrogen and oxygen atoms in total. The molecule has 200 valence electrons. The lowest BCUT2D eigenvalue weighted by atomic mass is 9.98. The molecule has 0 fully saturated rings. The van der Waals surface area contributed by atoms with Crippen LogP contribution in [0.25, 0.3) is 11.6 Å². The molecule has 2 N–H and O–H groups in total. The fraction of sp³-hybridized carbons (Fsp3) is 0.294. The van der Waals surface area contributed by atoms with Gasteiger partial charge in [0.1, 0.15) is 11.6 Å². The van der Waals surface area contributed by atoms with Gasteiger partial charge in [0.15, 0.2) is 0 Å². The van der Waals surface area contributed by atoms with Gasteiger partial charge in [0.25, 0.3) is 0 Å². The second-order valence-corrected chi connectivity index (χ2v) is 10.9. The van der Waals surface area contributed by atoms with Crippen LogP contribution in [0.4, 0.5) is 0 Å². The average molecular weight is 518 g/mol. The first-order valence-corrected chi connectivity index (χ1v) is 13.8. The molecular formula is C34H39N5. The lowest BCUT2D eigenvalue weighted by molar-refractivity contribution is 0.700. The predicted molar refractivity (Wildman–Crippen MR) is 160 cm³/mol. The first-order valence-electron chi connectivity index (χ1n) is 13.8. The zero-order valence-corrected chi connectivity index (χ0v) is 24.0. The van der Waals surface area contributed by atoms with E-state index in [0.717, 1.165) is 41.4 Å². The Balaban J connectivity index is 1.31. The summed E-state index contributed by atoms with van der Waals surface area (Å²) in [7, 11) is 0. The molecule has 0 aliphatic rings. The van der Waals surface area contributed by atoms with E-state index in [9.17, 15) is 0 Å². The SMILES string of the molecule is Cc1cc(CCc2cccc(C(N)Cc3cc(C)cc(-n4c(C)ccc4C)n3)c2)nc(-n2c(C)ccc2C)c1. The number of aromatic nitrogens is 4. The Bertz CT molecular complexity index is 1580. The van der Waals surface area contributed by atoms with E-state index in [2.05, 4.69) is 123 Å². The summed E-state index contributed by atoms with van der Waals surface area (Å²) in [5.74, 6) is 1.96. The zero-order valence-electron chi connectivity index (χ0n) is 24.0. The van der Waals surface area contributed by atoms with Crippen LogP contribution in [0.15, 0.2) is 72.8 Å². The van der Waals surface area contributed by atoms with Gasteiger partial charge in [-0.3, -0.25) is 0 Å². The summed E-state index contributed by atoms with van der Waals surface area (Å²) >= 11 is 0. The van der Waals surface area contributed by atoms with Crippen LogP contribution in [0, 0.1) is 41.5 Å². The second-order valence-electron chi connectivity index (χ2n) is 10.9. The maximum Gasteiger partial charge on any atom is 0.137 e. The number of rotatable bonds is 8. The first kappa shape index (κ1) is 26.6. The topological polar surface area (TPSA) is 61.7 Å². The lowest BCUT2D eigenvalue weighted by Gasteiger charge is -2.16. The summed E-state index contributed by atoms with van der Waals surface area (Å²) in [6.07, 6.45) is 2.49. The van der Waals surface area contributed by atoms with Crippen LogP contribution in [0.1, 0.15) is 62.5 Å². The van der Waals surface area contributed by atoms with Crippen molar-refractivity contribution in [3.63, 3.8) is 0 Å². The van der Waals surface area contributed by atoms with Gasteiger partial charge in [0, 0.05) is 46.6 Å². The van der Waals surface area contributed by atoms with Gasteiger partial charge in [-0.15, -0.1) is 0 Å². The molecule has 1 aromatic carbocycles. The highest BCUT2D eigenvalue weighted by atomic mass is 15.1. The van der Waals surface area contributed by atoms with Gasteiger partial charge >= 0.3 is 0 Å². The van der Waals surface area contributed by atoms with Gasteiger partial charge in [-0.1, -0.05) is 24.3 Å². The van der Waals surface area contributed by atoms with Crippen LogP contribution >= 0.6 is 0 Å². The molecule has 0 amide bonds. The Hall–Kier alpha value is -3.96. The molecule has 5 aromatic rings. The molecule has 0 aliphatic heterocycles. The van der Waals surface area contributed by atoms with E-state index in [-0.39, 0.29) is 6.04 Å². The van der Waals surface area contributed by atoms with Crippen LogP contribution in [0.2, 0.25) is 0 Å². The maximum atomic E-state index is 6.74. The fourth-order valence-corrected chi connectivity index (χ4v) is 5.56. The Morgan fingerprint density at radius 3 is 1.69 bits per heavy atom. The number of aryl methyl sites for hydroxylation is 8. The molecular weight excluding hydrogens is 478 g/mol. The molecule has 4 aromatic heterocycles. The van der Waals surface area contributed by atoms with Crippen molar-refractivity contribution in [1.29, 1.82) is 0 Å². The molecule has 0 saturated carbocycles. The summed E-state index contributed by atoms with van der Waals surface area (Å²) in [4.78, 5) is 9.99. The first-order chi connectivity index (χ1) is 18.7. The summed E-state index contributed by atoms with van der Waals surface area (Å²) in [5, 5.41) is 0. The smallest absolute Gasteiger partial charge is 0.137 e. The molecule has 0 spiro atoms. The standard InChI is InChI=1S/C34H39N5/c1-22-16-30(36-33(18-22)38-24(3)10-11-25(38)4)15-14-28-8-7-9-29(20-28)32(35)21-31-17-23(2)19-34(37-31)39-26(5)12-13-27(39)6/h7-13,16-20,32H,14-15,21,35H2,1-6H3. The molecule has 1 atom stereocenters. The third kappa shape index (κ3) is 5.89. The van der Waals surface area contributed by atoms with Crippen LogP contribution in [0.3, 0.4) is 0 Å². The second kappa shape index (κ2) is 11.0. The van der Waals surface area contributed by atoms with Crippen LogP contribution in [-0.2, 0) is 19.3 Å². The Morgan fingerprint density at radius 1 is 0.615 bits per heavy atom. The molecule has 5 heteroatoms. The van der Waals surface area contributed by atoms with Gasteiger partial charge < -0.3 is 14.9 Å². The van der Waals surface area contributed by atoms with Crippen LogP contribution in [0.5, 0.6) is 0 Å². The summed E-state index contributed by atoms with van der Waals surface area (Å²) < 4.78 is 4.42. The van der Waals surface area contributed by atoms with E-state index in [1.807, 2.05) is 0 Å². The van der Waals surface area contributed by atoms with Gasteiger partial charge in [0.05, 0.1) is 0 Å². The summed E-state index contributed by atoms with van der Waals surface area (Å²) in [6, 6.07) is 25.8. The molecule has 0 saturated heterocycles. The quantitative estimate of drug-likeness (QED) is 0.243. The van der Waals surface area contributed by atoms with Crippen LogP contribution < -0.4 is 5.73 Å². The zero-order chi connectivity index (χ0) is 27.7. The van der Waals surface area contributed by atoms with Crippen molar-refractivity contribution in [2.45, 2.75) is 66.8 Å². The van der Waals surface area contributed by atoms with Crippen molar-refractivity contribution in [3.8, 4) is 11.6 Å². The van der Waals surface area contributed by atoms with Gasteiger partial charge in [-0.05, 0) is 125 Å². The monoisotopic (exact) mass is 517 g/mol. The minimum Gasteiger partial charge on any atom is -0.324 e. The van der Waals surface area contributed by atoms with Gasteiger partial charge in [0.2, 0.25) is 0 Å². The molecule has 4 heterocycles. The number of benzene rings is 1. The number of nitrogens with two attached hydrogens (primary N) is 1. The number of hydrogen-bond donors (Lipinski definition) is 1. The maximum absolute atomic E-state index is 6.74. The van der Waals surface area contributed by atoms with Gasteiger partial charge in [-0.25, -0.2) is 9.97 Å². The van der Waals surface area contributed by atoms with E-state index >= 15 is 0 Å². The highest BCUT2D eigenvalue weighted by Gasteiger charge is 2.13. The normalized spacial score (nSPS) is 12.2. The third-order valence-corrected chi connectivity index (χ3v) is 7.50. The molecule has 5 rings (SSSR count). The van der Waals surface area contributed by atoms with E-state index in [1.165, 1.54) is 39.5 Å². The Morgan fingerprint density at radius 2 is 1.13 bits per heavy atom. The highest BCUT2D eigenvalue weighted by molar-refractivity contribution is 5.38. The third-order valence-electron chi connectivity index (χ3n) is 7.50. The van der Waals surface area contributed by atoms with E-state index in [1.54, 1.807) is 0 Å². The number of nitrogens with zero attached hydrogens (tertiary/aromatic N) is 4. The van der Waals surface area contributed by atoms with Crippen molar-refractivity contribution in [3.05, 3.63) is 129 Å². The van der Waals surface area contributed by atoms with Crippen molar-refractivity contribution >= 4 is 0 Å². The minimum atomic E-state index is -0.123. The van der Waals surface area contributed by atoms with E-state index in [0.29, 0.717) is 6.42 Å². The van der Waals surface area contributed by atoms with Crippen molar-refractivity contribution in [2.24, 2.45) is 5.73 Å². The molecule has 0 aliphatic carbocycles. The van der Waals surface area contributed by atoms with Crippen molar-refractivity contribution in [1.82, 2.24) is 19.1 Å². The van der Waals surface area contributed by atoms with E-state index in [4.69, 9.17) is 15.7 Å². The van der Waals surface area contributed by atoms with Gasteiger partial charge in [-0.2, -0.15) is 0 Å². The highest BCUT2D eigenvalue weighted by Crippen LogP contribution is 2.22. The predicted octanol–water partition coefficient (Wildman–Crippen LogP) is 6.94. The number of hydrogen-bond acceptors (Lipinski definition) is 3. The van der Waals surface area contributed by atoms with Crippen LogP contribution in [-0.4, -0.2) is 19.1 Å². The minimum absolute atomic E-state index is 0.123.